The summed E-state index contributed by atoms with van der Waals surface area (Å²) in [4.78, 5) is 23.4. The average molecular weight is 273 g/mol. The third-order valence-corrected chi connectivity index (χ3v) is 3.16. The summed E-state index contributed by atoms with van der Waals surface area (Å²) in [6, 6.07) is 9.92. The summed E-state index contributed by atoms with van der Waals surface area (Å²) in [7, 11) is 0. The van der Waals surface area contributed by atoms with Crippen molar-refractivity contribution in [1.82, 2.24) is 0 Å². The van der Waals surface area contributed by atoms with E-state index in [0.29, 0.717) is 5.69 Å². The summed E-state index contributed by atoms with van der Waals surface area (Å²) in [6.45, 7) is 0. The van der Waals surface area contributed by atoms with E-state index in [4.69, 9.17) is 5.11 Å². The van der Waals surface area contributed by atoms with Crippen molar-refractivity contribution in [3.63, 3.8) is 0 Å². The molecule has 0 bridgehead atoms. The number of carbonyl (C=O) groups excluding carboxylic acids is 1. The second kappa shape index (κ2) is 5.97. The van der Waals surface area contributed by atoms with Crippen LogP contribution in [0.5, 0.6) is 0 Å². The lowest BCUT2D eigenvalue weighted by Crippen LogP contribution is -2.08. The zero-order chi connectivity index (χ0) is 13.7. The van der Waals surface area contributed by atoms with Crippen molar-refractivity contribution in [1.29, 1.82) is 0 Å². The van der Waals surface area contributed by atoms with Crippen LogP contribution in [0.2, 0.25) is 0 Å². The van der Waals surface area contributed by atoms with E-state index in [1.807, 2.05) is 17.5 Å². The molecule has 5 heteroatoms. The van der Waals surface area contributed by atoms with Gasteiger partial charge in [-0.25, -0.2) is 4.79 Å². The molecule has 0 saturated carbocycles. The smallest absolute Gasteiger partial charge is 0.335 e. The van der Waals surface area contributed by atoms with E-state index in [9.17, 15) is 9.59 Å². The van der Waals surface area contributed by atoms with Gasteiger partial charge in [0.1, 0.15) is 0 Å². The van der Waals surface area contributed by atoms with Gasteiger partial charge >= 0.3 is 5.97 Å². The van der Waals surface area contributed by atoms with Gasteiger partial charge in [-0.15, -0.1) is 11.3 Å². The van der Waals surface area contributed by atoms with E-state index in [1.165, 1.54) is 29.5 Å². The highest BCUT2D eigenvalue weighted by molar-refractivity contribution is 7.10. The molecule has 0 fully saturated rings. The molecule has 2 aromatic rings. The number of rotatable bonds is 4. The van der Waals surface area contributed by atoms with Gasteiger partial charge in [0.05, 0.1) is 5.56 Å². The van der Waals surface area contributed by atoms with Gasteiger partial charge in [-0.05, 0) is 35.7 Å². The standard InChI is InChI=1S/C14H11NO3S/c16-13(7-6-12-5-2-8-19-12)15-11-4-1-3-10(9-11)14(17)18/h1-9H,(H,15,16)(H,17,18)/b7-6+. The fourth-order valence-corrected chi connectivity index (χ4v) is 2.08. The van der Waals surface area contributed by atoms with Crippen LogP contribution in [-0.4, -0.2) is 17.0 Å². The molecule has 0 radical (unpaired) electrons. The third-order valence-electron chi connectivity index (χ3n) is 2.32. The van der Waals surface area contributed by atoms with Gasteiger partial charge in [-0.3, -0.25) is 4.79 Å². The number of anilines is 1. The highest BCUT2D eigenvalue weighted by Crippen LogP contribution is 2.12. The Kier molecular flexibility index (Phi) is 4.10. The molecule has 0 unspecified atom stereocenters. The number of thiophene rings is 1. The fourth-order valence-electron chi connectivity index (χ4n) is 1.46. The molecular formula is C14H11NO3S. The summed E-state index contributed by atoms with van der Waals surface area (Å²) in [5, 5.41) is 13.4. The number of carboxylic acids is 1. The molecule has 0 saturated heterocycles. The Morgan fingerprint density at radius 3 is 2.74 bits per heavy atom. The van der Waals surface area contributed by atoms with Crippen LogP contribution >= 0.6 is 11.3 Å². The first-order valence-corrected chi connectivity index (χ1v) is 6.39. The predicted molar refractivity (Wildman–Crippen MR) is 75.4 cm³/mol. The van der Waals surface area contributed by atoms with Crippen LogP contribution in [0, 0.1) is 0 Å². The Labute approximate surface area is 114 Å². The molecule has 0 aliphatic rings. The number of amides is 1. The van der Waals surface area contributed by atoms with E-state index in [0.717, 1.165) is 4.88 Å². The van der Waals surface area contributed by atoms with E-state index in [-0.39, 0.29) is 11.5 Å². The maximum Gasteiger partial charge on any atom is 0.335 e. The Balaban J connectivity index is 2.03. The first kappa shape index (κ1) is 13.0. The van der Waals surface area contributed by atoms with Crippen LogP contribution in [0.15, 0.2) is 47.9 Å². The second-order valence-corrected chi connectivity index (χ2v) is 4.70. The lowest BCUT2D eigenvalue weighted by molar-refractivity contribution is -0.111. The first-order chi connectivity index (χ1) is 9.15. The Bertz CT molecular complexity index is 617. The Morgan fingerprint density at radius 1 is 1.21 bits per heavy atom. The normalized spacial score (nSPS) is 10.5. The van der Waals surface area contributed by atoms with E-state index in [1.54, 1.807) is 18.2 Å². The molecule has 4 nitrogen and oxygen atoms in total. The Hall–Kier alpha value is -2.40. The van der Waals surface area contributed by atoms with Crippen molar-refractivity contribution in [2.75, 3.05) is 5.32 Å². The molecule has 1 aromatic carbocycles. The van der Waals surface area contributed by atoms with Crippen LogP contribution in [0.3, 0.4) is 0 Å². The number of carboxylic acid groups (broad SMARTS) is 1. The largest absolute Gasteiger partial charge is 0.478 e. The topological polar surface area (TPSA) is 66.4 Å². The molecule has 1 aromatic heterocycles. The van der Waals surface area contributed by atoms with Crippen molar-refractivity contribution in [3.8, 4) is 0 Å². The highest BCUT2D eigenvalue weighted by Gasteiger charge is 2.04. The van der Waals surface area contributed by atoms with Gasteiger partial charge in [0.15, 0.2) is 0 Å². The maximum absolute atomic E-state index is 11.6. The summed E-state index contributed by atoms with van der Waals surface area (Å²) in [5.74, 6) is -1.32. The molecule has 0 spiro atoms. The highest BCUT2D eigenvalue weighted by atomic mass is 32.1. The van der Waals surface area contributed by atoms with Crippen LogP contribution in [0.4, 0.5) is 5.69 Å². The lowest BCUT2D eigenvalue weighted by atomic mass is 10.2. The first-order valence-electron chi connectivity index (χ1n) is 5.51. The summed E-state index contributed by atoms with van der Waals surface area (Å²) in [5.41, 5.74) is 0.598. The van der Waals surface area contributed by atoms with Crippen molar-refractivity contribution in [3.05, 3.63) is 58.3 Å². The molecule has 0 atom stereocenters. The molecule has 2 N–H and O–H groups in total. The van der Waals surface area contributed by atoms with E-state index in [2.05, 4.69) is 5.32 Å². The van der Waals surface area contributed by atoms with Crippen molar-refractivity contribution >= 4 is 35.0 Å². The summed E-state index contributed by atoms with van der Waals surface area (Å²) >= 11 is 1.53. The van der Waals surface area contributed by atoms with Crippen molar-refractivity contribution < 1.29 is 14.7 Å². The molecule has 2 rings (SSSR count). The average Bonchev–Trinajstić information content (AvgIpc) is 2.90. The van der Waals surface area contributed by atoms with Gasteiger partial charge in [-0.1, -0.05) is 12.1 Å². The molecular weight excluding hydrogens is 262 g/mol. The van der Waals surface area contributed by atoms with Crippen molar-refractivity contribution in [2.24, 2.45) is 0 Å². The lowest BCUT2D eigenvalue weighted by Gasteiger charge is -2.02. The molecule has 1 amide bonds. The van der Waals surface area contributed by atoms with Crippen molar-refractivity contribution in [2.45, 2.75) is 0 Å². The van der Waals surface area contributed by atoms with Gasteiger partial charge in [0.25, 0.3) is 0 Å². The van der Waals surface area contributed by atoms with Crippen LogP contribution in [0.1, 0.15) is 15.2 Å². The molecule has 1 heterocycles. The number of benzene rings is 1. The minimum absolute atomic E-state index is 0.139. The third kappa shape index (κ3) is 3.79. The molecule has 0 aliphatic heterocycles. The van der Waals surface area contributed by atoms with E-state index >= 15 is 0 Å². The van der Waals surface area contributed by atoms with Gasteiger partial charge in [0, 0.05) is 16.6 Å². The van der Waals surface area contributed by atoms with Gasteiger partial charge < -0.3 is 10.4 Å². The maximum atomic E-state index is 11.6. The number of nitrogens with one attached hydrogen (secondary N) is 1. The zero-order valence-corrected chi connectivity index (χ0v) is 10.7. The van der Waals surface area contributed by atoms with E-state index < -0.39 is 5.97 Å². The summed E-state index contributed by atoms with van der Waals surface area (Å²) in [6.07, 6.45) is 3.13. The second-order valence-electron chi connectivity index (χ2n) is 3.72. The van der Waals surface area contributed by atoms with Crippen LogP contribution < -0.4 is 5.32 Å². The van der Waals surface area contributed by atoms with Gasteiger partial charge in [0.2, 0.25) is 5.91 Å². The number of hydrogen-bond donors (Lipinski definition) is 2. The van der Waals surface area contributed by atoms with Crippen LogP contribution in [0.25, 0.3) is 6.08 Å². The Morgan fingerprint density at radius 2 is 2.05 bits per heavy atom. The molecule has 96 valence electrons. The molecule has 19 heavy (non-hydrogen) atoms. The number of hydrogen-bond acceptors (Lipinski definition) is 3. The predicted octanol–water partition coefficient (Wildman–Crippen LogP) is 3.10. The number of carbonyl (C=O) groups is 2. The minimum atomic E-state index is -1.02. The quantitative estimate of drug-likeness (QED) is 0.841. The number of aromatic carboxylic acids is 1. The minimum Gasteiger partial charge on any atom is -0.478 e. The molecule has 0 aliphatic carbocycles. The van der Waals surface area contributed by atoms with Crippen LogP contribution in [-0.2, 0) is 4.79 Å². The fraction of sp³-hybridized carbons (Fsp3) is 0. The SMILES string of the molecule is O=C(/C=C/c1cccs1)Nc1cccc(C(=O)O)c1. The van der Waals surface area contributed by atoms with Gasteiger partial charge in [-0.2, -0.15) is 0 Å². The zero-order valence-electron chi connectivity index (χ0n) is 9.87. The monoisotopic (exact) mass is 273 g/mol. The summed E-state index contributed by atoms with van der Waals surface area (Å²) < 4.78 is 0.